The minimum absolute atomic E-state index is 0.00536. The molecule has 0 unspecified atom stereocenters. The second kappa shape index (κ2) is 3.17. The molecule has 0 aromatic heterocycles. The molecule has 0 saturated heterocycles. The molecule has 1 heterocycles. The van der Waals surface area contributed by atoms with E-state index in [4.69, 9.17) is 14.6 Å². The zero-order valence-electron chi connectivity index (χ0n) is 7.12. The van der Waals surface area contributed by atoms with E-state index in [2.05, 4.69) is 0 Å². The Morgan fingerprint density at radius 3 is 3.00 bits per heavy atom. The molecule has 4 nitrogen and oxygen atoms in total. The Morgan fingerprint density at radius 1 is 1.50 bits per heavy atom. The highest BCUT2D eigenvalue weighted by atomic mass is 19.1. The van der Waals surface area contributed by atoms with Gasteiger partial charge in [0.05, 0.1) is 6.42 Å². The average molecular weight is 198 g/mol. The molecule has 0 aliphatic carbocycles. The largest absolute Gasteiger partial charge is 0.481 e. The highest BCUT2D eigenvalue weighted by molar-refractivity contribution is 5.72. The zero-order chi connectivity index (χ0) is 10.1. The van der Waals surface area contributed by atoms with E-state index in [9.17, 15) is 9.18 Å². The third kappa shape index (κ3) is 1.37. The van der Waals surface area contributed by atoms with E-state index in [-0.39, 0.29) is 18.1 Å². The number of carboxylic acid groups (broad SMARTS) is 1. The number of carboxylic acids is 1. The predicted molar refractivity (Wildman–Crippen MR) is 43.9 cm³/mol. The molecule has 1 aliphatic heterocycles. The molecule has 1 aromatic carbocycles. The third-order valence-electron chi connectivity index (χ3n) is 1.91. The molecule has 0 spiro atoms. The number of ether oxygens (including phenoxy) is 2. The summed E-state index contributed by atoms with van der Waals surface area (Å²) in [6.07, 6.45) is -0.404. The number of benzene rings is 1. The molecule has 5 heteroatoms. The van der Waals surface area contributed by atoms with Crippen molar-refractivity contribution in [3.63, 3.8) is 0 Å². The van der Waals surface area contributed by atoms with E-state index < -0.39 is 18.2 Å². The standard InChI is InChI=1S/C9H7FO4/c10-6-1-2-7-9(14-4-13-7)5(6)3-8(11)12/h1-2H,3-4H2,(H,11,12). The highest BCUT2D eigenvalue weighted by Gasteiger charge is 2.22. The number of aliphatic carboxylic acids is 1. The summed E-state index contributed by atoms with van der Waals surface area (Å²) in [4.78, 5) is 10.5. The molecular formula is C9H7FO4. The van der Waals surface area contributed by atoms with Crippen molar-refractivity contribution in [2.75, 3.05) is 6.79 Å². The first-order valence-corrected chi connectivity index (χ1v) is 3.97. The fraction of sp³-hybridized carbons (Fsp3) is 0.222. The van der Waals surface area contributed by atoms with Gasteiger partial charge in [-0.25, -0.2) is 4.39 Å². The quantitative estimate of drug-likeness (QED) is 0.775. The molecule has 1 aromatic rings. The van der Waals surface area contributed by atoms with Crippen molar-refractivity contribution in [3.8, 4) is 11.5 Å². The number of hydrogen-bond acceptors (Lipinski definition) is 3. The Hall–Kier alpha value is -1.78. The Kier molecular flexibility index (Phi) is 1.99. The van der Waals surface area contributed by atoms with Gasteiger partial charge >= 0.3 is 5.97 Å². The maximum Gasteiger partial charge on any atom is 0.308 e. The van der Waals surface area contributed by atoms with E-state index in [1.54, 1.807) is 0 Å². The predicted octanol–water partition coefficient (Wildman–Crippen LogP) is 1.18. The zero-order valence-corrected chi connectivity index (χ0v) is 7.12. The van der Waals surface area contributed by atoms with Crippen LogP contribution in [0, 0.1) is 5.82 Å². The summed E-state index contributed by atoms with van der Waals surface area (Å²) in [5.74, 6) is -1.10. The lowest BCUT2D eigenvalue weighted by Gasteiger charge is -2.03. The summed E-state index contributed by atoms with van der Waals surface area (Å²) in [7, 11) is 0. The molecule has 0 saturated carbocycles. The first-order valence-electron chi connectivity index (χ1n) is 3.97. The SMILES string of the molecule is O=C(O)Cc1c(F)ccc2c1OCO2. The van der Waals surface area contributed by atoms with Gasteiger partial charge in [0.1, 0.15) is 5.82 Å². The number of hydrogen-bond donors (Lipinski definition) is 1. The van der Waals surface area contributed by atoms with E-state index in [1.165, 1.54) is 12.1 Å². The summed E-state index contributed by atoms with van der Waals surface area (Å²) >= 11 is 0. The van der Waals surface area contributed by atoms with Gasteiger partial charge in [-0.3, -0.25) is 4.79 Å². The van der Waals surface area contributed by atoms with Crippen molar-refractivity contribution in [1.82, 2.24) is 0 Å². The third-order valence-corrected chi connectivity index (χ3v) is 1.91. The van der Waals surface area contributed by atoms with Crippen LogP contribution in [0.15, 0.2) is 12.1 Å². The fourth-order valence-electron chi connectivity index (χ4n) is 1.32. The normalized spacial score (nSPS) is 12.9. The van der Waals surface area contributed by atoms with Gasteiger partial charge in [-0.05, 0) is 12.1 Å². The topological polar surface area (TPSA) is 55.8 Å². The van der Waals surface area contributed by atoms with Crippen molar-refractivity contribution >= 4 is 5.97 Å². The summed E-state index contributed by atoms with van der Waals surface area (Å²) in [6, 6.07) is 2.59. The van der Waals surface area contributed by atoms with Crippen LogP contribution in [0.1, 0.15) is 5.56 Å². The summed E-state index contributed by atoms with van der Waals surface area (Å²) in [5, 5.41) is 8.56. The number of carbonyl (C=O) groups is 1. The van der Waals surface area contributed by atoms with E-state index >= 15 is 0 Å². The molecule has 0 amide bonds. The molecular weight excluding hydrogens is 191 g/mol. The van der Waals surface area contributed by atoms with Crippen LogP contribution >= 0.6 is 0 Å². The summed E-state index contributed by atoms with van der Waals surface area (Å²) in [6.45, 7) is 0.00536. The fourth-order valence-corrected chi connectivity index (χ4v) is 1.32. The van der Waals surface area contributed by atoms with Crippen molar-refractivity contribution < 1.29 is 23.8 Å². The van der Waals surface area contributed by atoms with E-state index in [1.807, 2.05) is 0 Å². The number of fused-ring (bicyclic) bond motifs is 1. The summed E-state index contributed by atoms with van der Waals surface area (Å²) < 4.78 is 23.2. The van der Waals surface area contributed by atoms with Gasteiger partial charge in [0.15, 0.2) is 11.5 Å². The van der Waals surface area contributed by atoms with Gasteiger partial charge in [-0.1, -0.05) is 0 Å². The molecule has 0 atom stereocenters. The molecule has 0 radical (unpaired) electrons. The molecule has 2 rings (SSSR count). The van der Waals surface area contributed by atoms with E-state index in [0.29, 0.717) is 5.75 Å². The van der Waals surface area contributed by atoms with E-state index in [0.717, 1.165) is 0 Å². The average Bonchev–Trinajstić information content (AvgIpc) is 2.57. The molecule has 1 aliphatic rings. The van der Waals surface area contributed by atoms with Gasteiger partial charge < -0.3 is 14.6 Å². The lowest BCUT2D eigenvalue weighted by Crippen LogP contribution is -2.04. The van der Waals surface area contributed by atoms with Crippen LogP contribution in [0.5, 0.6) is 11.5 Å². The van der Waals surface area contributed by atoms with Gasteiger partial charge in [-0.2, -0.15) is 0 Å². The van der Waals surface area contributed by atoms with Crippen LogP contribution in [-0.4, -0.2) is 17.9 Å². The Balaban J connectivity index is 2.46. The maximum absolute atomic E-state index is 13.2. The van der Waals surface area contributed by atoms with Crippen LogP contribution in [-0.2, 0) is 11.2 Å². The van der Waals surface area contributed by atoms with Crippen LogP contribution in [0.2, 0.25) is 0 Å². The Labute approximate surface area is 78.9 Å². The second-order valence-corrected chi connectivity index (χ2v) is 2.83. The molecule has 14 heavy (non-hydrogen) atoms. The number of rotatable bonds is 2. The highest BCUT2D eigenvalue weighted by Crippen LogP contribution is 2.37. The minimum Gasteiger partial charge on any atom is -0.481 e. The lowest BCUT2D eigenvalue weighted by atomic mass is 10.1. The van der Waals surface area contributed by atoms with Gasteiger partial charge in [0.25, 0.3) is 0 Å². The first-order chi connectivity index (χ1) is 6.68. The van der Waals surface area contributed by atoms with Gasteiger partial charge in [-0.15, -0.1) is 0 Å². The van der Waals surface area contributed by atoms with Crippen LogP contribution in [0.4, 0.5) is 4.39 Å². The van der Waals surface area contributed by atoms with Crippen LogP contribution < -0.4 is 9.47 Å². The second-order valence-electron chi connectivity index (χ2n) is 2.83. The maximum atomic E-state index is 13.2. The Morgan fingerprint density at radius 2 is 2.29 bits per heavy atom. The minimum atomic E-state index is -1.10. The Bertz CT molecular complexity index is 389. The molecule has 1 N–H and O–H groups in total. The summed E-state index contributed by atoms with van der Waals surface area (Å²) in [5.41, 5.74) is 0.0347. The van der Waals surface area contributed by atoms with Gasteiger partial charge in [0, 0.05) is 5.56 Å². The molecule has 0 fully saturated rings. The van der Waals surface area contributed by atoms with Gasteiger partial charge in [0.2, 0.25) is 6.79 Å². The van der Waals surface area contributed by atoms with Crippen LogP contribution in [0.25, 0.3) is 0 Å². The molecule has 74 valence electrons. The lowest BCUT2D eigenvalue weighted by molar-refractivity contribution is -0.136. The number of halogens is 1. The van der Waals surface area contributed by atoms with Crippen molar-refractivity contribution in [2.24, 2.45) is 0 Å². The smallest absolute Gasteiger partial charge is 0.308 e. The van der Waals surface area contributed by atoms with Crippen molar-refractivity contribution in [3.05, 3.63) is 23.5 Å². The molecule has 0 bridgehead atoms. The van der Waals surface area contributed by atoms with Crippen molar-refractivity contribution in [1.29, 1.82) is 0 Å². The van der Waals surface area contributed by atoms with Crippen LogP contribution in [0.3, 0.4) is 0 Å². The first kappa shape index (κ1) is 8.80. The monoisotopic (exact) mass is 198 g/mol. The van der Waals surface area contributed by atoms with Crippen molar-refractivity contribution in [2.45, 2.75) is 6.42 Å².